The Balaban J connectivity index is 1.83. The quantitative estimate of drug-likeness (QED) is 0.695. The van der Waals surface area contributed by atoms with Gasteiger partial charge in [-0.3, -0.25) is 0 Å². The minimum absolute atomic E-state index is 0.00673. The van der Waals surface area contributed by atoms with Gasteiger partial charge in [0.15, 0.2) is 0 Å². The van der Waals surface area contributed by atoms with E-state index in [1.54, 1.807) is 6.07 Å². The molecule has 0 fully saturated rings. The summed E-state index contributed by atoms with van der Waals surface area (Å²) in [6.07, 6.45) is 0. The number of hydrogen-bond donors (Lipinski definition) is 0. The molecule has 0 aromatic heterocycles. The van der Waals surface area contributed by atoms with Crippen molar-refractivity contribution in [3.8, 4) is 0 Å². The van der Waals surface area contributed by atoms with Crippen molar-refractivity contribution in [1.82, 2.24) is 0 Å². The molecule has 0 amide bonds. The van der Waals surface area contributed by atoms with Gasteiger partial charge in [0, 0.05) is 5.56 Å². The summed E-state index contributed by atoms with van der Waals surface area (Å²) in [5.41, 5.74) is 0.686. The van der Waals surface area contributed by atoms with Crippen molar-refractivity contribution >= 4 is 22.7 Å². The Hall–Kier alpha value is -3.14. The monoisotopic (exact) mass is 305 g/mol. The second-order valence-electron chi connectivity index (χ2n) is 5.05. The average molecular weight is 305 g/mol. The highest BCUT2D eigenvalue weighted by Crippen LogP contribution is 2.20. The summed E-state index contributed by atoms with van der Waals surface area (Å²) in [6, 6.07) is 19.4. The molecule has 23 heavy (non-hydrogen) atoms. The van der Waals surface area contributed by atoms with E-state index < -0.39 is 11.9 Å². The molecular formula is C19H13O4-. The third-order valence-corrected chi connectivity index (χ3v) is 3.61. The molecule has 0 aliphatic heterocycles. The Morgan fingerprint density at radius 3 is 2.26 bits per heavy atom. The van der Waals surface area contributed by atoms with Gasteiger partial charge in [-0.05, 0) is 22.4 Å². The topological polar surface area (TPSA) is 66.4 Å². The van der Waals surface area contributed by atoms with E-state index in [1.165, 1.54) is 18.2 Å². The molecule has 0 saturated heterocycles. The second-order valence-corrected chi connectivity index (χ2v) is 5.05. The smallest absolute Gasteiger partial charge is 0.339 e. The highest BCUT2D eigenvalue weighted by atomic mass is 16.5. The molecule has 3 aromatic carbocycles. The Labute approximate surface area is 132 Å². The second kappa shape index (κ2) is 6.32. The van der Waals surface area contributed by atoms with Gasteiger partial charge in [0.2, 0.25) is 0 Å². The lowest BCUT2D eigenvalue weighted by Crippen LogP contribution is -2.25. The maximum Gasteiger partial charge on any atom is 0.339 e. The van der Waals surface area contributed by atoms with Gasteiger partial charge in [-0.25, -0.2) is 4.79 Å². The molecule has 0 aliphatic rings. The molecule has 114 valence electrons. The summed E-state index contributed by atoms with van der Waals surface area (Å²) in [5.74, 6) is -2.08. The summed E-state index contributed by atoms with van der Waals surface area (Å²) in [6.45, 7) is 0.0710. The van der Waals surface area contributed by atoms with Crippen LogP contribution >= 0.6 is 0 Å². The van der Waals surface area contributed by atoms with Crippen LogP contribution in [0.4, 0.5) is 0 Å². The molecule has 0 spiro atoms. The molecule has 3 aromatic rings. The fourth-order valence-corrected chi connectivity index (χ4v) is 2.48. The normalized spacial score (nSPS) is 10.4. The van der Waals surface area contributed by atoms with Crippen LogP contribution in [0.2, 0.25) is 0 Å². The zero-order valence-corrected chi connectivity index (χ0v) is 12.2. The zero-order chi connectivity index (χ0) is 16.2. The van der Waals surface area contributed by atoms with E-state index in [1.807, 2.05) is 42.5 Å². The van der Waals surface area contributed by atoms with Crippen molar-refractivity contribution in [1.29, 1.82) is 0 Å². The van der Waals surface area contributed by atoms with Gasteiger partial charge in [0.25, 0.3) is 0 Å². The number of hydrogen-bond acceptors (Lipinski definition) is 4. The molecule has 0 N–H and O–H groups in total. The predicted molar refractivity (Wildman–Crippen MR) is 83.8 cm³/mol. The Morgan fingerprint density at radius 1 is 0.826 bits per heavy atom. The first-order chi connectivity index (χ1) is 11.2. The molecule has 0 atom stereocenters. The van der Waals surface area contributed by atoms with Gasteiger partial charge in [-0.1, -0.05) is 60.7 Å². The van der Waals surface area contributed by atoms with Gasteiger partial charge in [-0.15, -0.1) is 0 Å². The van der Waals surface area contributed by atoms with E-state index in [-0.39, 0.29) is 17.7 Å². The summed E-state index contributed by atoms with van der Waals surface area (Å²) in [5, 5.41) is 13.1. The van der Waals surface area contributed by atoms with E-state index in [0.717, 1.165) is 16.3 Å². The van der Waals surface area contributed by atoms with E-state index in [0.29, 0.717) is 0 Å². The maximum absolute atomic E-state index is 12.2. The lowest BCUT2D eigenvalue weighted by Gasteiger charge is -2.11. The molecule has 3 rings (SSSR count). The van der Waals surface area contributed by atoms with Crippen LogP contribution in [0, 0.1) is 0 Å². The highest BCUT2D eigenvalue weighted by Gasteiger charge is 2.13. The number of benzene rings is 3. The summed E-state index contributed by atoms with van der Waals surface area (Å²) in [7, 11) is 0. The number of esters is 1. The molecule has 4 nitrogen and oxygen atoms in total. The third-order valence-electron chi connectivity index (χ3n) is 3.61. The molecular weight excluding hydrogens is 292 g/mol. The van der Waals surface area contributed by atoms with E-state index in [2.05, 4.69) is 0 Å². The SMILES string of the molecule is O=C([O-])c1ccccc1C(=O)OCc1cccc2ccccc12. The number of carboxylic acid groups (broad SMARTS) is 1. The van der Waals surface area contributed by atoms with Crippen molar-refractivity contribution in [3.63, 3.8) is 0 Å². The fourth-order valence-electron chi connectivity index (χ4n) is 2.48. The van der Waals surface area contributed by atoms with Crippen molar-refractivity contribution in [2.24, 2.45) is 0 Å². The summed E-state index contributed by atoms with van der Waals surface area (Å²) >= 11 is 0. The van der Waals surface area contributed by atoms with Crippen LogP contribution in [0.25, 0.3) is 10.8 Å². The van der Waals surface area contributed by atoms with E-state index in [4.69, 9.17) is 4.74 Å². The minimum atomic E-state index is -1.40. The lowest BCUT2D eigenvalue weighted by atomic mass is 10.1. The van der Waals surface area contributed by atoms with Crippen molar-refractivity contribution in [2.45, 2.75) is 6.61 Å². The third kappa shape index (κ3) is 3.06. The van der Waals surface area contributed by atoms with Crippen LogP contribution < -0.4 is 5.11 Å². The van der Waals surface area contributed by atoms with Gasteiger partial charge in [0.05, 0.1) is 11.5 Å². The van der Waals surface area contributed by atoms with Crippen molar-refractivity contribution < 1.29 is 19.4 Å². The maximum atomic E-state index is 12.2. The molecule has 0 unspecified atom stereocenters. The van der Waals surface area contributed by atoms with Crippen LogP contribution in [0.3, 0.4) is 0 Å². The van der Waals surface area contributed by atoms with Crippen molar-refractivity contribution in [3.05, 3.63) is 83.4 Å². The number of ether oxygens (including phenoxy) is 1. The first-order valence-corrected chi connectivity index (χ1v) is 7.11. The number of carboxylic acids is 1. The van der Waals surface area contributed by atoms with Gasteiger partial charge in [-0.2, -0.15) is 0 Å². The van der Waals surface area contributed by atoms with Crippen LogP contribution in [-0.4, -0.2) is 11.9 Å². The molecule has 0 radical (unpaired) electrons. The molecule has 0 aliphatic carbocycles. The number of fused-ring (bicyclic) bond motifs is 1. The van der Waals surface area contributed by atoms with E-state index >= 15 is 0 Å². The summed E-state index contributed by atoms with van der Waals surface area (Å²) < 4.78 is 5.28. The molecule has 0 saturated carbocycles. The highest BCUT2D eigenvalue weighted by molar-refractivity contribution is 6.01. The Bertz CT molecular complexity index is 878. The number of aromatic carboxylic acids is 1. The van der Waals surface area contributed by atoms with Crippen LogP contribution in [-0.2, 0) is 11.3 Å². The first-order valence-electron chi connectivity index (χ1n) is 7.11. The van der Waals surface area contributed by atoms with Crippen LogP contribution in [0.5, 0.6) is 0 Å². The number of rotatable bonds is 4. The standard InChI is InChI=1S/C19H14O4/c20-18(21)16-10-3-4-11-17(16)19(22)23-12-14-8-5-7-13-6-1-2-9-15(13)14/h1-11H,12H2,(H,20,21)/p-1. The van der Waals surface area contributed by atoms with Gasteiger partial charge >= 0.3 is 5.97 Å². The number of carbonyl (C=O) groups is 2. The molecule has 4 heteroatoms. The van der Waals surface area contributed by atoms with Crippen molar-refractivity contribution in [2.75, 3.05) is 0 Å². The van der Waals surface area contributed by atoms with Crippen LogP contribution in [0.1, 0.15) is 26.3 Å². The first kappa shape index (κ1) is 14.8. The minimum Gasteiger partial charge on any atom is -0.545 e. The Kier molecular flexibility index (Phi) is 4.06. The lowest BCUT2D eigenvalue weighted by molar-refractivity contribution is -0.255. The largest absolute Gasteiger partial charge is 0.545 e. The summed E-state index contributed by atoms with van der Waals surface area (Å²) in [4.78, 5) is 23.2. The van der Waals surface area contributed by atoms with Crippen LogP contribution in [0.15, 0.2) is 66.7 Å². The molecule has 0 heterocycles. The predicted octanol–water partition coefficient (Wildman–Crippen LogP) is 2.56. The van der Waals surface area contributed by atoms with E-state index in [9.17, 15) is 14.7 Å². The van der Waals surface area contributed by atoms with Gasteiger partial charge in [0.1, 0.15) is 6.61 Å². The fraction of sp³-hybridized carbons (Fsp3) is 0.0526. The Morgan fingerprint density at radius 2 is 1.48 bits per heavy atom. The number of carbonyl (C=O) groups excluding carboxylic acids is 2. The van der Waals surface area contributed by atoms with Gasteiger partial charge < -0.3 is 14.6 Å². The molecule has 0 bridgehead atoms. The average Bonchev–Trinajstić information content (AvgIpc) is 2.59. The zero-order valence-electron chi connectivity index (χ0n) is 12.2.